The maximum Gasteiger partial charge on any atom is 0.282 e. The predicted octanol–water partition coefficient (Wildman–Crippen LogP) is 4.42. The number of para-hydroxylation sites is 1. The van der Waals surface area contributed by atoms with Crippen molar-refractivity contribution in [2.24, 2.45) is 11.0 Å². The van der Waals surface area contributed by atoms with Gasteiger partial charge in [0.05, 0.1) is 23.9 Å². The fraction of sp³-hybridized carbons (Fsp3) is 0.391. The first kappa shape index (κ1) is 20.7. The van der Waals surface area contributed by atoms with Gasteiger partial charge in [0.15, 0.2) is 0 Å². The molecule has 1 fully saturated rings. The molecule has 0 aliphatic carbocycles. The predicted molar refractivity (Wildman–Crippen MR) is 120 cm³/mol. The van der Waals surface area contributed by atoms with Crippen LogP contribution in [0.3, 0.4) is 0 Å². The molecule has 2 aromatic carbocycles. The van der Waals surface area contributed by atoms with Crippen LogP contribution in [0, 0.1) is 5.92 Å². The fourth-order valence-electron chi connectivity index (χ4n) is 4.16. The number of ether oxygens (including phenoxy) is 1. The molecule has 0 saturated carbocycles. The summed E-state index contributed by atoms with van der Waals surface area (Å²) in [5, 5.41) is 9.24. The quantitative estimate of drug-likeness (QED) is 0.768. The molecule has 2 atom stereocenters. The van der Waals surface area contributed by atoms with Crippen LogP contribution < -0.4 is 15.2 Å². The van der Waals surface area contributed by atoms with E-state index in [1.165, 1.54) is 6.42 Å². The number of piperidine rings is 1. The Balaban J connectivity index is 1.66. The zero-order valence-electron chi connectivity index (χ0n) is 17.3. The Hall–Kier alpha value is -2.57. The van der Waals surface area contributed by atoms with E-state index in [-0.39, 0.29) is 17.9 Å². The second-order valence-corrected chi connectivity index (χ2v) is 8.18. The van der Waals surface area contributed by atoms with Crippen LogP contribution in [0.4, 0.5) is 5.69 Å². The zero-order chi connectivity index (χ0) is 21.1. The van der Waals surface area contributed by atoms with E-state index in [4.69, 9.17) is 21.4 Å². The third kappa shape index (κ3) is 4.16. The Kier molecular flexibility index (Phi) is 6.25. The Morgan fingerprint density at radius 2 is 1.80 bits per heavy atom. The SMILES string of the molecule is COc1ccc([C@@H]2[C@H](C)C(C(=O)NN3CCCCC3)=NN2c2ccccc2Cl)cc1. The number of hydrazone groups is 1. The van der Waals surface area contributed by atoms with Gasteiger partial charge in [-0.05, 0) is 42.7 Å². The lowest BCUT2D eigenvalue weighted by atomic mass is 9.91. The van der Waals surface area contributed by atoms with Crippen LogP contribution >= 0.6 is 11.6 Å². The number of anilines is 1. The average molecular weight is 427 g/mol. The van der Waals surface area contributed by atoms with E-state index in [1.807, 2.05) is 65.5 Å². The highest BCUT2D eigenvalue weighted by Gasteiger charge is 2.40. The highest BCUT2D eigenvalue weighted by atomic mass is 35.5. The molecule has 4 rings (SSSR count). The van der Waals surface area contributed by atoms with Gasteiger partial charge in [-0.1, -0.05) is 49.2 Å². The molecule has 0 spiro atoms. The maximum atomic E-state index is 13.1. The van der Waals surface area contributed by atoms with Gasteiger partial charge in [0.25, 0.3) is 5.91 Å². The van der Waals surface area contributed by atoms with Gasteiger partial charge in [0.1, 0.15) is 11.5 Å². The van der Waals surface area contributed by atoms with Gasteiger partial charge in [0.2, 0.25) is 0 Å². The van der Waals surface area contributed by atoms with Crippen LogP contribution in [0.5, 0.6) is 5.75 Å². The molecule has 0 unspecified atom stereocenters. The molecular weight excluding hydrogens is 400 g/mol. The summed E-state index contributed by atoms with van der Waals surface area (Å²) in [6.07, 6.45) is 3.41. The Morgan fingerprint density at radius 1 is 1.10 bits per heavy atom. The average Bonchev–Trinajstić information content (AvgIpc) is 3.12. The van der Waals surface area contributed by atoms with Gasteiger partial charge in [0, 0.05) is 19.0 Å². The second kappa shape index (κ2) is 9.06. The van der Waals surface area contributed by atoms with Crippen LogP contribution in [0.25, 0.3) is 0 Å². The largest absolute Gasteiger partial charge is 0.497 e. The summed E-state index contributed by atoms with van der Waals surface area (Å²) in [4.78, 5) is 13.1. The van der Waals surface area contributed by atoms with Gasteiger partial charge in [-0.15, -0.1) is 0 Å². The van der Waals surface area contributed by atoms with Crippen molar-refractivity contribution >= 4 is 28.9 Å². The molecule has 0 bridgehead atoms. The number of methoxy groups -OCH3 is 1. The number of carbonyl (C=O) groups excluding carboxylic acids is 1. The van der Waals surface area contributed by atoms with Crippen molar-refractivity contribution in [1.29, 1.82) is 0 Å². The summed E-state index contributed by atoms with van der Waals surface area (Å²) in [6.45, 7) is 3.80. The van der Waals surface area contributed by atoms with Crippen LogP contribution in [-0.4, -0.2) is 36.8 Å². The molecular formula is C23H27ClN4O2. The third-order valence-electron chi connectivity index (χ3n) is 5.79. The number of nitrogens with one attached hydrogen (secondary N) is 1. The molecule has 2 aliphatic rings. The van der Waals surface area contributed by atoms with Gasteiger partial charge >= 0.3 is 0 Å². The second-order valence-electron chi connectivity index (χ2n) is 7.78. The smallest absolute Gasteiger partial charge is 0.282 e. The minimum atomic E-state index is -0.141. The lowest BCUT2D eigenvalue weighted by molar-refractivity contribution is -0.120. The first-order valence-corrected chi connectivity index (χ1v) is 10.8. The van der Waals surface area contributed by atoms with E-state index in [1.54, 1.807) is 7.11 Å². The number of amides is 1. The van der Waals surface area contributed by atoms with E-state index in [0.717, 1.165) is 42.9 Å². The summed E-state index contributed by atoms with van der Waals surface area (Å²) in [7, 11) is 1.65. The highest BCUT2D eigenvalue weighted by Crippen LogP contribution is 2.41. The molecule has 6 nitrogen and oxygen atoms in total. The lowest BCUT2D eigenvalue weighted by Gasteiger charge is -2.28. The zero-order valence-corrected chi connectivity index (χ0v) is 18.1. The van der Waals surface area contributed by atoms with Crippen molar-refractivity contribution in [3.8, 4) is 5.75 Å². The van der Waals surface area contributed by atoms with E-state index < -0.39 is 0 Å². The van der Waals surface area contributed by atoms with Gasteiger partial charge in [-0.25, -0.2) is 5.01 Å². The molecule has 7 heteroatoms. The van der Waals surface area contributed by atoms with Gasteiger partial charge in [-0.2, -0.15) is 5.10 Å². The number of rotatable bonds is 5. The minimum absolute atomic E-state index is 0.112. The Bertz CT molecular complexity index is 925. The molecule has 0 radical (unpaired) electrons. The first-order chi connectivity index (χ1) is 14.6. The first-order valence-electron chi connectivity index (χ1n) is 10.4. The van der Waals surface area contributed by atoms with Crippen molar-refractivity contribution in [1.82, 2.24) is 10.4 Å². The number of carbonyl (C=O) groups is 1. The molecule has 2 heterocycles. The Morgan fingerprint density at radius 3 is 2.47 bits per heavy atom. The van der Waals surface area contributed by atoms with E-state index >= 15 is 0 Å². The monoisotopic (exact) mass is 426 g/mol. The minimum Gasteiger partial charge on any atom is -0.497 e. The number of nitrogens with zero attached hydrogens (tertiary/aromatic N) is 3. The van der Waals surface area contributed by atoms with E-state index in [0.29, 0.717) is 10.7 Å². The number of hydrogen-bond donors (Lipinski definition) is 1. The number of hydrazine groups is 1. The summed E-state index contributed by atoms with van der Waals surface area (Å²) in [6, 6.07) is 15.3. The molecule has 158 valence electrons. The summed E-state index contributed by atoms with van der Waals surface area (Å²) in [5.41, 5.74) is 5.40. The normalized spacial score (nSPS) is 22.0. The molecule has 2 aromatic rings. The van der Waals surface area contributed by atoms with Gasteiger partial charge < -0.3 is 4.74 Å². The third-order valence-corrected chi connectivity index (χ3v) is 6.11. The number of halogens is 1. The molecule has 2 aliphatic heterocycles. The topological polar surface area (TPSA) is 57.2 Å². The summed E-state index contributed by atoms with van der Waals surface area (Å²) >= 11 is 6.50. The molecule has 0 aromatic heterocycles. The maximum absolute atomic E-state index is 13.1. The van der Waals surface area contributed by atoms with E-state index in [9.17, 15) is 4.79 Å². The van der Waals surface area contributed by atoms with E-state index in [2.05, 4.69) is 5.43 Å². The van der Waals surface area contributed by atoms with Crippen LogP contribution in [0.1, 0.15) is 37.8 Å². The molecule has 30 heavy (non-hydrogen) atoms. The van der Waals surface area contributed by atoms with Crippen molar-refractivity contribution in [2.45, 2.75) is 32.2 Å². The highest BCUT2D eigenvalue weighted by molar-refractivity contribution is 6.40. The van der Waals surface area contributed by atoms with Gasteiger partial charge in [-0.3, -0.25) is 15.2 Å². The van der Waals surface area contributed by atoms with Crippen molar-refractivity contribution in [3.63, 3.8) is 0 Å². The number of benzene rings is 2. The molecule has 1 N–H and O–H groups in total. The van der Waals surface area contributed by atoms with Crippen LogP contribution in [-0.2, 0) is 4.79 Å². The van der Waals surface area contributed by atoms with Crippen LogP contribution in [0.15, 0.2) is 53.6 Å². The van der Waals surface area contributed by atoms with Crippen molar-refractivity contribution < 1.29 is 9.53 Å². The van der Waals surface area contributed by atoms with Crippen molar-refractivity contribution in [2.75, 3.05) is 25.2 Å². The molecule has 1 saturated heterocycles. The van der Waals surface area contributed by atoms with Crippen LogP contribution in [0.2, 0.25) is 5.02 Å². The molecule has 1 amide bonds. The number of hydrogen-bond acceptors (Lipinski definition) is 5. The summed E-state index contributed by atoms with van der Waals surface area (Å²) < 4.78 is 5.30. The lowest BCUT2D eigenvalue weighted by Crippen LogP contribution is -2.48. The van der Waals surface area contributed by atoms with Crippen molar-refractivity contribution in [3.05, 3.63) is 59.1 Å². The summed E-state index contributed by atoms with van der Waals surface area (Å²) in [5.74, 6) is 0.537. The fourth-order valence-corrected chi connectivity index (χ4v) is 4.38. The Labute approximate surface area is 182 Å². The standard InChI is InChI=1S/C23H27ClN4O2/c1-16-21(23(29)26-27-14-6-3-7-15-27)25-28(20-9-5-4-8-19(20)24)22(16)17-10-12-18(30-2)13-11-17/h4-5,8-13,16,22H,3,6-7,14-15H2,1-2H3,(H,26,29)/t16-,22+/m1/s1.